The highest BCUT2D eigenvalue weighted by Crippen LogP contribution is 2.32. The number of likely N-dealkylation sites (N-methyl/N-ethyl adjacent to an activating group) is 2. The predicted octanol–water partition coefficient (Wildman–Crippen LogP) is 6.24. The van der Waals surface area contributed by atoms with E-state index in [1.807, 2.05) is 83.8 Å². The van der Waals surface area contributed by atoms with E-state index in [2.05, 4.69) is 0 Å². The van der Waals surface area contributed by atoms with E-state index in [1.54, 1.807) is 48.0 Å². The number of benzene rings is 2. The van der Waals surface area contributed by atoms with Gasteiger partial charge >= 0.3 is 5.97 Å². The van der Waals surface area contributed by atoms with Crippen LogP contribution >= 0.6 is 0 Å². The minimum Gasteiger partial charge on any atom is -0.481 e. The Morgan fingerprint density at radius 2 is 1.41 bits per heavy atom. The van der Waals surface area contributed by atoms with Gasteiger partial charge in [0.2, 0.25) is 11.8 Å². The molecule has 2 aliphatic heterocycles. The summed E-state index contributed by atoms with van der Waals surface area (Å²) in [7, 11) is 6.63. The topological polar surface area (TPSA) is 190 Å². The first-order chi connectivity index (χ1) is 32.8. The number of hydroxylamine groups is 2. The van der Waals surface area contributed by atoms with Crippen molar-refractivity contribution in [2.75, 3.05) is 61.2 Å². The van der Waals surface area contributed by atoms with Gasteiger partial charge in [-0.25, -0.2) is 0 Å². The zero-order valence-corrected chi connectivity index (χ0v) is 42.8. The number of aliphatic carboxylic acids is 1. The third-order valence-electron chi connectivity index (χ3n) is 14.2. The molecule has 382 valence electrons. The van der Waals surface area contributed by atoms with Crippen LogP contribution in [0.5, 0.6) is 0 Å². The van der Waals surface area contributed by atoms with Crippen molar-refractivity contribution in [1.82, 2.24) is 19.8 Å². The molecular weight excluding hydrogens is 885 g/mol. The lowest BCUT2D eigenvalue weighted by molar-refractivity contribution is -0.149. The molecule has 2 aromatic carbocycles. The fourth-order valence-electron chi connectivity index (χ4n) is 10.2. The maximum Gasteiger partial charge on any atom is 0.307 e. The van der Waals surface area contributed by atoms with Gasteiger partial charge < -0.3 is 29.1 Å². The number of ketones is 2. The number of fused-ring (bicyclic) bond motifs is 1. The summed E-state index contributed by atoms with van der Waals surface area (Å²) in [6, 6.07) is 14.3. The molecule has 16 nitrogen and oxygen atoms in total. The number of carbonyl (C=O) groups is 7. The van der Waals surface area contributed by atoms with Gasteiger partial charge in [0.15, 0.2) is 5.78 Å². The van der Waals surface area contributed by atoms with Crippen molar-refractivity contribution in [3.63, 3.8) is 0 Å². The van der Waals surface area contributed by atoms with Crippen LogP contribution < -0.4 is 0 Å². The first kappa shape index (κ1) is 56.7. The second-order valence-corrected chi connectivity index (χ2v) is 19.6. The van der Waals surface area contributed by atoms with Crippen LogP contribution in [0.3, 0.4) is 0 Å². The molecule has 0 spiro atoms. The molecule has 9 atom stereocenters. The van der Waals surface area contributed by atoms with Gasteiger partial charge in [-0.3, -0.25) is 43.3 Å². The average molecular weight is 963 g/mol. The van der Waals surface area contributed by atoms with Crippen LogP contribution in [-0.4, -0.2) is 158 Å². The molecule has 2 aliphatic rings. The van der Waals surface area contributed by atoms with Crippen LogP contribution in [0.2, 0.25) is 0 Å². The molecule has 2 aromatic rings. The Labute approximate surface area is 409 Å². The smallest absolute Gasteiger partial charge is 0.307 e. The van der Waals surface area contributed by atoms with Crippen LogP contribution in [0, 0.1) is 35.5 Å². The molecule has 0 radical (unpaired) electrons. The molecule has 0 aliphatic carbocycles. The van der Waals surface area contributed by atoms with E-state index in [1.165, 1.54) is 14.2 Å². The van der Waals surface area contributed by atoms with E-state index in [9.17, 15) is 38.7 Å². The number of methoxy groups -OCH3 is 2. The van der Waals surface area contributed by atoms with Crippen LogP contribution in [0.15, 0.2) is 54.6 Å². The molecule has 69 heavy (non-hydrogen) atoms. The summed E-state index contributed by atoms with van der Waals surface area (Å²) in [5, 5.41) is 10.8. The number of hydrogen-bond donors (Lipinski definition) is 1. The van der Waals surface area contributed by atoms with Crippen molar-refractivity contribution in [2.24, 2.45) is 35.5 Å². The summed E-state index contributed by atoms with van der Waals surface area (Å²) in [5.74, 6) is -5.34. The van der Waals surface area contributed by atoms with E-state index in [4.69, 9.17) is 19.0 Å². The van der Waals surface area contributed by atoms with Crippen molar-refractivity contribution in [1.29, 1.82) is 0 Å². The van der Waals surface area contributed by atoms with Gasteiger partial charge in [-0.05, 0) is 61.8 Å². The van der Waals surface area contributed by atoms with Gasteiger partial charge in [0.1, 0.15) is 5.78 Å². The van der Waals surface area contributed by atoms with Crippen LogP contribution in [0.4, 0.5) is 0 Å². The highest BCUT2D eigenvalue weighted by Gasteiger charge is 2.44. The van der Waals surface area contributed by atoms with E-state index in [0.29, 0.717) is 43.5 Å². The van der Waals surface area contributed by atoms with Crippen LogP contribution in [0.25, 0.3) is 0 Å². The second-order valence-electron chi connectivity index (χ2n) is 19.6. The summed E-state index contributed by atoms with van der Waals surface area (Å²) in [6.07, 6.45) is 0.703. The Morgan fingerprint density at radius 3 is 1.96 bits per heavy atom. The number of Topliss-reactive ketones (excluding diaryl/α,β-unsaturated/α-hetero) is 2. The second kappa shape index (κ2) is 26.9. The number of hydrogen-bond acceptors (Lipinski definition) is 12. The lowest BCUT2D eigenvalue weighted by Gasteiger charge is -2.41. The van der Waals surface area contributed by atoms with Gasteiger partial charge in [-0.1, -0.05) is 97.4 Å². The number of ether oxygens (including phenoxy) is 3. The number of amides is 4. The van der Waals surface area contributed by atoms with E-state index >= 15 is 0 Å². The molecule has 1 saturated heterocycles. The Hall–Kier alpha value is -4.87. The Balaban J connectivity index is 1.37. The minimum atomic E-state index is -1.04. The molecule has 4 rings (SSSR count). The molecule has 2 heterocycles. The molecule has 16 heteroatoms. The lowest BCUT2D eigenvalue weighted by Crippen LogP contribution is -2.54. The largest absolute Gasteiger partial charge is 0.481 e. The van der Waals surface area contributed by atoms with E-state index in [0.717, 1.165) is 10.6 Å². The zero-order valence-electron chi connectivity index (χ0n) is 42.8. The molecule has 4 amide bonds. The fraction of sp³-hybridized carbons (Fsp3) is 0.642. The van der Waals surface area contributed by atoms with Gasteiger partial charge in [0.05, 0.1) is 73.6 Å². The predicted molar refractivity (Wildman–Crippen MR) is 260 cm³/mol. The number of rotatable bonds is 30. The van der Waals surface area contributed by atoms with Gasteiger partial charge in [0.25, 0.3) is 11.8 Å². The number of carboxylic acids is 1. The number of likely N-dealkylation sites (tertiary alicyclic amines) is 1. The molecule has 0 unspecified atom stereocenters. The Kier molecular flexibility index (Phi) is 22.1. The van der Waals surface area contributed by atoms with E-state index < -0.39 is 65.9 Å². The van der Waals surface area contributed by atoms with Crippen molar-refractivity contribution < 1.29 is 57.7 Å². The molecule has 0 aromatic heterocycles. The minimum absolute atomic E-state index is 0.0110. The van der Waals surface area contributed by atoms with Crippen molar-refractivity contribution in [3.8, 4) is 0 Å². The maximum absolute atomic E-state index is 14.7. The summed E-state index contributed by atoms with van der Waals surface area (Å²) < 4.78 is 17.8. The first-order valence-corrected chi connectivity index (χ1v) is 24.6. The van der Waals surface area contributed by atoms with Crippen molar-refractivity contribution >= 4 is 41.2 Å². The number of carbonyl (C=O) groups excluding carboxylic acids is 6. The van der Waals surface area contributed by atoms with Gasteiger partial charge in [-0.15, -0.1) is 5.06 Å². The summed E-state index contributed by atoms with van der Waals surface area (Å²) in [4.78, 5) is 105. The van der Waals surface area contributed by atoms with Crippen molar-refractivity contribution in [2.45, 2.75) is 124 Å². The monoisotopic (exact) mass is 963 g/mol. The summed E-state index contributed by atoms with van der Waals surface area (Å²) >= 11 is 0. The average Bonchev–Trinajstić information content (AvgIpc) is 3.90. The lowest BCUT2D eigenvalue weighted by atomic mass is 9.83. The summed E-state index contributed by atoms with van der Waals surface area (Å²) in [5.41, 5.74) is 1.42. The number of carboxylic acid groups (broad SMARTS) is 1. The quantitative estimate of drug-likeness (QED) is 0.0685. The molecular formula is C53H78N4O12. The Bertz CT molecular complexity index is 2010. The highest BCUT2D eigenvalue weighted by molar-refractivity contribution is 6.20. The van der Waals surface area contributed by atoms with Gasteiger partial charge in [0, 0.05) is 59.0 Å². The molecule has 0 saturated carbocycles. The van der Waals surface area contributed by atoms with Crippen molar-refractivity contribution in [3.05, 3.63) is 71.3 Å². The third-order valence-corrected chi connectivity index (χ3v) is 14.2. The fourth-order valence-corrected chi connectivity index (χ4v) is 10.2. The number of imide groups is 1. The highest BCUT2D eigenvalue weighted by atomic mass is 16.7. The first-order valence-electron chi connectivity index (χ1n) is 24.6. The van der Waals surface area contributed by atoms with Crippen LogP contribution in [0.1, 0.15) is 113 Å². The SMILES string of the molecule is CC[C@H](C)[C@@H]([C@@H](CC(=O)N1CCC[C@H]1[C@H](OC)[C@@H](C)C(=O)C[C@@H](Cc1ccccc1)C(=O)O)OC)N(C)C(=O)[C@@H](CC(=O)[C@H](C(C)C)N(C)CCOCCON1C(=O)c2ccccc2C1=O)C(C)C. The molecule has 1 fully saturated rings. The van der Waals surface area contributed by atoms with Crippen LogP contribution in [-0.2, 0) is 49.4 Å². The molecule has 1 N–H and O–H groups in total. The maximum atomic E-state index is 14.7. The summed E-state index contributed by atoms with van der Waals surface area (Å²) in [6.45, 7) is 14.8. The third kappa shape index (κ3) is 14.6. The number of nitrogens with zero attached hydrogens (tertiary/aromatic N) is 4. The standard InChI is InChI=1S/C53H78N4O12/c1-12-35(6)48(45(66-10)32-46(60)56-24-18-23-42(56)49(67-11)36(7)43(58)30-38(53(64)65)29-37-19-14-13-15-20-37)55(9)50(61)41(33(2)3)31-44(59)47(34(4)5)54(8)25-26-68-27-28-69-57-51(62)39-21-16-17-22-40(39)52(57)63/h13-17,19-22,33-36,38,41-42,45,47-49H,12,18,23-32H2,1-11H3,(H,64,65)/t35-,36-,38+,41-,42-,45+,47-,48-,49+/m0/s1. The zero-order chi connectivity index (χ0) is 51.1. The Morgan fingerprint density at radius 1 is 0.783 bits per heavy atom. The normalized spacial score (nSPS) is 18.5. The molecule has 0 bridgehead atoms. The van der Waals surface area contributed by atoms with E-state index in [-0.39, 0.29) is 86.6 Å². The van der Waals surface area contributed by atoms with Gasteiger partial charge in [-0.2, -0.15) is 0 Å².